The highest BCUT2D eigenvalue weighted by Crippen LogP contribution is 2.01. The highest BCUT2D eigenvalue weighted by Gasteiger charge is 1.88. The van der Waals surface area contributed by atoms with Crippen LogP contribution in [0.25, 0.3) is 0 Å². The molecule has 0 unspecified atom stereocenters. The molecule has 0 aliphatic rings. The molecule has 0 aliphatic carbocycles. The highest BCUT2D eigenvalue weighted by atomic mass is 16.5. The molecule has 0 aromatic heterocycles. The van der Waals surface area contributed by atoms with Gasteiger partial charge in [-0.3, -0.25) is 4.79 Å². The number of hydrogen-bond donors (Lipinski definition) is 1. The monoisotopic (exact) mass is 458 g/mol. The SMILES string of the molecule is CC/C=C\C/C=C\CCC/C=C/CCO.CC/C=C\C/C=C\CCC/C=C/CCOC(C)=O. The van der Waals surface area contributed by atoms with Gasteiger partial charge in [-0.15, -0.1) is 0 Å². The summed E-state index contributed by atoms with van der Waals surface area (Å²) in [6, 6.07) is 0. The molecule has 3 nitrogen and oxygen atoms in total. The zero-order valence-electron chi connectivity index (χ0n) is 21.6. The third-order valence-electron chi connectivity index (χ3n) is 4.38. The molecule has 3 heteroatoms. The molecular weight excluding hydrogens is 408 g/mol. The van der Waals surface area contributed by atoms with Crippen LogP contribution in [0.5, 0.6) is 0 Å². The highest BCUT2D eigenvalue weighted by molar-refractivity contribution is 5.65. The summed E-state index contributed by atoms with van der Waals surface area (Å²) in [6.45, 7) is 6.49. The van der Waals surface area contributed by atoms with Gasteiger partial charge < -0.3 is 9.84 Å². The lowest BCUT2D eigenvalue weighted by atomic mass is 10.2. The summed E-state index contributed by atoms with van der Waals surface area (Å²) in [5.74, 6) is -0.203. The summed E-state index contributed by atoms with van der Waals surface area (Å²) < 4.78 is 4.83. The van der Waals surface area contributed by atoms with E-state index in [0.29, 0.717) is 6.61 Å². The third-order valence-corrected chi connectivity index (χ3v) is 4.38. The van der Waals surface area contributed by atoms with E-state index < -0.39 is 0 Å². The standard InChI is InChI=1S/C16H26O2.C14H24O/c1-3-4-5-6-7-8-9-10-11-12-13-14-15-18-16(2)17;1-2-3-4-5-6-7-8-9-10-11-12-13-14-15/h4-5,7-8,12-13H,3,6,9-11,14-15H2,1-2H3;3-4,6-7,11-12,15H,2,5,8-10,13-14H2,1H3/b5-4-,8-7-,13-12+;4-3-,7-6-,12-11+. The lowest BCUT2D eigenvalue weighted by Crippen LogP contribution is -1.98. The quantitative estimate of drug-likeness (QED) is 0.120. The van der Waals surface area contributed by atoms with Crippen molar-refractivity contribution in [2.45, 2.75) is 97.8 Å². The smallest absolute Gasteiger partial charge is 0.302 e. The maximum Gasteiger partial charge on any atom is 0.302 e. The molecule has 0 atom stereocenters. The topological polar surface area (TPSA) is 46.5 Å². The number of aliphatic hydroxyl groups is 1. The Labute approximate surface area is 204 Å². The van der Waals surface area contributed by atoms with Crippen molar-refractivity contribution < 1.29 is 14.6 Å². The van der Waals surface area contributed by atoms with Crippen LogP contribution in [0.1, 0.15) is 97.8 Å². The molecule has 0 aliphatic heterocycles. The van der Waals surface area contributed by atoms with Crippen molar-refractivity contribution in [1.29, 1.82) is 0 Å². The molecule has 0 aromatic carbocycles. The second kappa shape index (κ2) is 32.1. The molecule has 0 fully saturated rings. The number of ether oxygens (including phenoxy) is 1. The minimum atomic E-state index is -0.203. The van der Waals surface area contributed by atoms with Gasteiger partial charge in [-0.25, -0.2) is 0 Å². The molecule has 0 bridgehead atoms. The van der Waals surface area contributed by atoms with Crippen LogP contribution in [0.15, 0.2) is 72.9 Å². The van der Waals surface area contributed by atoms with Crippen molar-refractivity contribution in [1.82, 2.24) is 0 Å². The Balaban J connectivity index is 0. The van der Waals surface area contributed by atoms with Gasteiger partial charge in [0.05, 0.1) is 6.61 Å². The van der Waals surface area contributed by atoms with Crippen molar-refractivity contribution in [3.05, 3.63) is 72.9 Å². The molecule has 188 valence electrons. The van der Waals surface area contributed by atoms with Gasteiger partial charge in [0, 0.05) is 13.5 Å². The van der Waals surface area contributed by atoms with Crippen LogP contribution in [-0.2, 0) is 9.53 Å². The van der Waals surface area contributed by atoms with Gasteiger partial charge in [0.15, 0.2) is 0 Å². The van der Waals surface area contributed by atoms with E-state index in [-0.39, 0.29) is 12.6 Å². The molecule has 33 heavy (non-hydrogen) atoms. The first kappa shape index (κ1) is 33.0. The second-order valence-electron chi connectivity index (χ2n) is 7.62. The average Bonchev–Trinajstić information content (AvgIpc) is 2.81. The lowest BCUT2D eigenvalue weighted by Gasteiger charge is -1.96. The van der Waals surface area contributed by atoms with Crippen LogP contribution < -0.4 is 0 Å². The van der Waals surface area contributed by atoms with Gasteiger partial charge in [0.1, 0.15) is 0 Å². The zero-order chi connectivity index (χ0) is 24.7. The maximum absolute atomic E-state index is 10.5. The fraction of sp³-hybridized carbons (Fsp3) is 0.567. The van der Waals surface area contributed by atoms with E-state index in [9.17, 15) is 4.79 Å². The van der Waals surface area contributed by atoms with Gasteiger partial charge in [-0.05, 0) is 77.0 Å². The predicted molar refractivity (Wildman–Crippen MR) is 145 cm³/mol. The number of carbonyl (C=O) groups is 1. The number of carbonyl (C=O) groups excluding carboxylic acids is 1. The fourth-order valence-electron chi connectivity index (χ4n) is 2.63. The third kappa shape index (κ3) is 37.5. The summed E-state index contributed by atoms with van der Waals surface area (Å²) >= 11 is 0. The van der Waals surface area contributed by atoms with E-state index in [1.807, 2.05) is 6.08 Å². The Morgan fingerprint density at radius 3 is 1.42 bits per heavy atom. The van der Waals surface area contributed by atoms with Crippen molar-refractivity contribution in [2.75, 3.05) is 13.2 Å². The fourth-order valence-corrected chi connectivity index (χ4v) is 2.63. The number of hydrogen-bond acceptors (Lipinski definition) is 3. The molecule has 1 N–H and O–H groups in total. The molecule has 0 heterocycles. The Morgan fingerprint density at radius 2 is 1.00 bits per heavy atom. The summed E-state index contributed by atoms with van der Waals surface area (Å²) in [4.78, 5) is 10.5. The summed E-state index contributed by atoms with van der Waals surface area (Å²) in [7, 11) is 0. The molecule has 0 radical (unpaired) electrons. The molecule has 0 rings (SSSR count). The van der Waals surface area contributed by atoms with Crippen molar-refractivity contribution in [3.63, 3.8) is 0 Å². The first-order valence-corrected chi connectivity index (χ1v) is 12.8. The lowest BCUT2D eigenvalue weighted by molar-refractivity contribution is -0.140. The van der Waals surface area contributed by atoms with Crippen molar-refractivity contribution in [3.8, 4) is 0 Å². The minimum Gasteiger partial charge on any atom is -0.466 e. The van der Waals surface area contributed by atoms with E-state index in [1.54, 1.807) is 0 Å². The largest absolute Gasteiger partial charge is 0.466 e. The Kier molecular flexibility index (Phi) is 32.1. The second-order valence-corrected chi connectivity index (χ2v) is 7.62. The predicted octanol–water partition coefficient (Wildman–Crippen LogP) is 8.59. The maximum atomic E-state index is 10.5. The molecule has 0 aromatic rings. The van der Waals surface area contributed by atoms with E-state index in [1.165, 1.54) is 19.8 Å². The Morgan fingerprint density at radius 1 is 0.606 bits per heavy atom. The molecule has 0 saturated heterocycles. The Bertz CT molecular complexity index is 565. The van der Waals surface area contributed by atoms with Crippen molar-refractivity contribution >= 4 is 5.97 Å². The van der Waals surface area contributed by atoms with Gasteiger partial charge in [0.2, 0.25) is 0 Å². The van der Waals surface area contributed by atoms with E-state index in [4.69, 9.17) is 9.84 Å². The van der Waals surface area contributed by atoms with Gasteiger partial charge in [-0.1, -0.05) is 86.8 Å². The average molecular weight is 459 g/mol. The summed E-state index contributed by atoms with van der Waals surface area (Å²) in [6.07, 6.45) is 39.0. The van der Waals surface area contributed by atoms with Gasteiger partial charge in [0.25, 0.3) is 0 Å². The van der Waals surface area contributed by atoms with Crippen LogP contribution in [0, 0.1) is 0 Å². The van der Waals surface area contributed by atoms with Crippen molar-refractivity contribution in [2.24, 2.45) is 0 Å². The minimum absolute atomic E-state index is 0.203. The first-order chi connectivity index (χ1) is 16.2. The molecule has 0 amide bonds. The van der Waals surface area contributed by atoms with Gasteiger partial charge >= 0.3 is 5.97 Å². The number of aliphatic hydroxyl groups excluding tert-OH is 1. The van der Waals surface area contributed by atoms with Crippen LogP contribution in [0.3, 0.4) is 0 Å². The van der Waals surface area contributed by atoms with Crippen LogP contribution in [0.4, 0.5) is 0 Å². The van der Waals surface area contributed by atoms with E-state index >= 15 is 0 Å². The number of rotatable bonds is 19. The van der Waals surface area contributed by atoms with Gasteiger partial charge in [-0.2, -0.15) is 0 Å². The normalized spacial score (nSPS) is 12.1. The van der Waals surface area contributed by atoms with E-state index in [2.05, 4.69) is 80.7 Å². The molecule has 0 spiro atoms. The summed E-state index contributed by atoms with van der Waals surface area (Å²) in [5, 5.41) is 8.54. The number of unbranched alkanes of at least 4 members (excludes halogenated alkanes) is 4. The molecule has 0 saturated carbocycles. The van der Waals surface area contributed by atoms with Crippen LogP contribution in [0.2, 0.25) is 0 Å². The first-order valence-electron chi connectivity index (χ1n) is 12.8. The number of allylic oxidation sites excluding steroid dienone is 10. The van der Waals surface area contributed by atoms with E-state index in [0.717, 1.165) is 64.2 Å². The Hall–Kier alpha value is -2.13. The zero-order valence-corrected chi connectivity index (χ0v) is 21.6. The molecular formula is C30H50O3. The van der Waals surface area contributed by atoms with Crippen LogP contribution in [-0.4, -0.2) is 24.3 Å². The number of esters is 1. The van der Waals surface area contributed by atoms with Crippen LogP contribution >= 0.6 is 0 Å². The summed E-state index contributed by atoms with van der Waals surface area (Å²) in [5.41, 5.74) is 0.